The predicted molar refractivity (Wildman–Crippen MR) is 215 cm³/mol. The first kappa shape index (κ1) is 38.3. The SMILES string of the molecule is COC[C@H]1CCN(CC2COc3cc4c(cc3OC2)C2(CCC(Nc3cccc(Cl)c3)(C(=O)O)CC2)C(C[C@@H](C)COc2ccnc3c2[C@H](C)CCC3)C4)C1. The van der Waals surface area contributed by atoms with E-state index in [4.69, 9.17) is 30.5 Å². The Hall–Kier alpha value is -3.53. The van der Waals surface area contributed by atoms with Crippen LogP contribution in [-0.4, -0.2) is 79.7 Å². The Morgan fingerprint density at radius 2 is 1.89 bits per heavy atom. The lowest BCUT2D eigenvalue weighted by Crippen LogP contribution is -2.53. The third kappa shape index (κ3) is 7.91. The Bertz CT molecular complexity index is 1840. The average molecular weight is 772 g/mol. The topological polar surface area (TPSA) is 102 Å². The first-order chi connectivity index (χ1) is 26.6. The number of halogens is 1. The maximum atomic E-state index is 13.1. The van der Waals surface area contributed by atoms with Gasteiger partial charge in [-0.1, -0.05) is 31.5 Å². The monoisotopic (exact) mass is 771 g/mol. The van der Waals surface area contributed by atoms with E-state index in [1.165, 1.54) is 41.6 Å². The van der Waals surface area contributed by atoms with E-state index in [2.05, 4.69) is 41.2 Å². The number of hydrogen-bond donors (Lipinski definition) is 2. The molecule has 2 aliphatic heterocycles. The van der Waals surface area contributed by atoms with E-state index in [-0.39, 0.29) is 11.3 Å². The van der Waals surface area contributed by atoms with Gasteiger partial charge in [0.1, 0.15) is 11.3 Å². The largest absolute Gasteiger partial charge is 0.493 e. The fraction of sp³-hybridized carbons (Fsp3) is 0.600. The second-order valence-corrected chi connectivity index (χ2v) is 17.9. The van der Waals surface area contributed by atoms with Crippen LogP contribution in [0.2, 0.25) is 5.02 Å². The summed E-state index contributed by atoms with van der Waals surface area (Å²) < 4.78 is 25.2. The smallest absolute Gasteiger partial charge is 0.329 e. The first-order valence-electron chi connectivity index (χ1n) is 20.7. The maximum absolute atomic E-state index is 13.1. The number of aromatic nitrogens is 1. The molecule has 8 rings (SSSR count). The van der Waals surface area contributed by atoms with Crippen molar-refractivity contribution in [2.24, 2.45) is 23.7 Å². The second-order valence-electron chi connectivity index (χ2n) is 17.5. The molecule has 296 valence electrons. The number of rotatable bonds is 12. The molecule has 10 heteroatoms. The Kier molecular flexibility index (Phi) is 11.3. The molecule has 5 aliphatic rings. The zero-order valence-electron chi connectivity index (χ0n) is 32.8. The first-order valence-corrected chi connectivity index (χ1v) is 21.0. The molecule has 1 aromatic heterocycles. The van der Waals surface area contributed by atoms with Crippen LogP contribution >= 0.6 is 11.6 Å². The van der Waals surface area contributed by atoms with Gasteiger partial charge in [0.05, 0.1) is 26.4 Å². The average Bonchev–Trinajstić information content (AvgIpc) is 3.66. The number of nitrogens with one attached hydrogen (secondary N) is 1. The van der Waals surface area contributed by atoms with E-state index in [9.17, 15) is 9.90 Å². The van der Waals surface area contributed by atoms with Crippen molar-refractivity contribution in [3.05, 3.63) is 76.1 Å². The highest BCUT2D eigenvalue weighted by Crippen LogP contribution is 2.58. The van der Waals surface area contributed by atoms with Crippen LogP contribution in [0, 0.1) is 23.7 Å². The van der Waals surface area contributed by atoms with Gasteiger partial charge in [-0.3, -0.25) is 4.98 Å². The van der Waals surface area contributed by atoms with Gasteiger partial charge >= 0.3 is 5.97 Å². The molecular weight excluding hydrogens is 714 g/mol. The van der Waals surface area contributed by atoms with Crippen LogP contribution < -0.4 is 19.5 Å². The van der Waals surface area contributed by atoms with Gasteiger partial charge in [0.2, 0.25) is 0 Å². The molecule has 2 aromatic carbocycles. The quantitative estimate of drug-likeness (QED) is 0.188. The Labute approximate surface area is 331 Å². The van der Waals surface area contributed by atoms with Crippen LogP contribution in [-0.2, 0) is 27.8 Å². The molecule has 3 aliphatic carbocycles. The number of aliphatic carboxylic acids is 1. The van der Waals surface area contributed by atoms with Gasteiger partial charge in [-0.05, 0) is 147 Å². The number of fused-ring (bicyclic) bond motifs is 4. The number of aryl methyl sites for hydroxylation is 1. The molecule has 5 atom stereocenters. The molecule has 3 heterocycles. The van der Waals surface area contributed by atoms with Crippen LogP contribution in [0.25, 0.3) is 0 Å². The fourth-order valence-corrected chi connectivity index (χ4v) is 10.9. The van der Waals surface area contributed by atoms with Crippen LogP contribution in [0.1, 0.15) is 93.5 Å². The van der Waals surface area contributed by atoms with E-state index in [0.29, 0.717) is 61.4 Å². The lowest BCUT2D eigenvalue weighted by atomic mass is 9.59. The molecule has 2 N–H and O–H groups in total. The van der Waals surface area contributed by atoms with Gasteiger partial charge < -0.3 is 34.3 Å². The molecule has 9 nitrogen and oxygen atoms in total. The second kappa shape index (κ2) is 16.1. The number of carboxylic acids is 1. The Morgan fingerprint density at radius 1 is 1.09 bits per heavy atom. The number of pyridine rings is 1. The summed E-state index contributed by atoms with van der Waals surface area (Å²) in [6.45, 7) is 10.4. The van der Waals surface area contributed by atoms with Gasteiger partial charge in [-0.25, -0.2) is 4.79 Å². The number of anilines is 1. The molecule has 1 spiro atoms. The standard InChI is InChI=1S/C45H58ClN3O6/c1-29(25-53-39-10-16-47-38-9-4-6-30(2)42(38)39)18-34-19-33-20-40-41(55-28-32(27-54-40)24-49-17-11-31(23-49)26-52-3)22-37(33)44(34)12-14-45(15-13-44,43(50)51)48-36-8-5-7-35(46)21-36/h5,7-8,10,16,20-22,29-32,34,48H,4,6,9,11-15,17-19,23-28H2,1-3H3,(H,50,51)/t29-,30-,31+,32?,34?,44?,45?/m1/s1. The summed E-state index contributed by atoms with van der Waals surface area (Å²) in [5, 5.41) is 14.7. The van der Waals surface area contributed by atoms with Crippen molar-refractivity contribution in [2.75, 3.05) is 58.5 Å². The molecule has 55 heavy (non-hydrogen) atoms. The zero-order chi connectivity index (χ0) is 38.2. The summed E-state index contributed by atoms with van der Waals surface area (Å²) in [5.41, 5.74) is 4.57. The maximum Gasteiger partial charge on any atom is 0.329 e. The highest BCUT2D eigenvalue weighted by atomic mass is 35.5. The van der Waals surface area contributed by atoms with Gasteiger partial charge in [0.25, 0.3) is 0 Å². The summed E-state index contributed by atoms with van der Waals surface area (Å²) in [5.74, 6) is 3.79. The molecular formula is C45H58ClN3O6. The van der Waals surface area contributed by atoms with Crippen molar-refractivity contribution in [1.82, 2.24) is 9.88 Å². The number of benzene rings is 2. The van der Waals surface area contributed by atoms with Gasteiger partial charge in [-0.15, -0.1) is 0 Å². The van der Waals surface area contributed by atoms with Gasteiger partial charge in [-0.2, -0.15) is 0 Å². The fourth-order valence-electron chi connectivity index (χ4n) is 10.7. The van der Waals surface area contributed by atoms with Crippen molar-refractivity contribution in [1.29, 1.82) is 0 Å². The van der Waals surface area contributed by atoms with Crippen LogP contribution in [0.4, 0.5) is 5.69 Å². The third-order valence-electron chi connectivity index (χ3n) is 13.6. The van der Waals surface area contributed by atoms with Crippen LogP contribution in [0.15, 0.2) is 48.7 Å². The molecule has 1 saturated heterocycles. The van der Waals surface area contributed by atoms with Crippen molar-refractivity contribution in [2.45, 2.75) is 94.9 Å². The molecule has 0 radical (unpaired) electrons. The highest BCUT2D eigenvalue weighted by Gasteiger charge is 2.54. The molecule has 0 bridgehead atoms. The van der Waals surface area contributed by atoms with Crippen LogP contribution in [0.3, 0.4) is 0 Å². The van der Waals surface area contributed by atoms with Crippen molar-refractivity contribution < 1.29 is 28.8 Å². The summed E-state index contributed by atoms with van der Waals surface area (Å²) in [4.78, 5) is 20.3. The normalized spacial score (nSPS) is 29.3. The summed E-state index contributed by atoms with van der Waals surface area (Å²) in [6.07, 6.45) is 10.9. The van der Waals surface area contributed by atoms with Gasteiger partial charge in [0.15, 0.2) is 11.5 Å². The van der Waals surface area contributed by atoms with E-state index < -0.39 is 11.5 Å². The number of methoxy groups -OCH3 is 1. The number of likely N-dealkylation sites (tertiary alicyclic amines) is 1. The molecule has 2 fully saturated rings. The van der Waals surface area contributed by atoms with Crippen molar-refractivity contribution in [3.63, 3.8) is 0 Å². The van der Waals surface area contributed by atoms with Gasteiger partial charge in [0, 0.05) is 54.3 Å². The number of nitrogens with zero attached hydrogens (tertiary/aromatic N) is 2. The van der Waals surface area contributed by atoms with E-state index >= 15 is 0 Å². The van der Waals surface area contributed by atoms with E-state index in [0.717, 1.165) is 81.3 Å². The minimum Gasteiger partial charge on any atom is -0.493 e. The predicted octanol–water partition coefficient (Wildman–Crippen LogP) is 8.56. The molecule has 3 aromatic rings. The minimum atomic E-state index is -1.08. The highest BCUT2D eigenvalue weighted by molar-refractivity contribution is 6.30. The summed E-state index contributed by atoms with van der Waals surface area (Å²) >= 11 is 6.32. The molecule has 2 unspecified atom stereocenters. The Balaban J connectivity index is 1.02. The van der Waals surface area contributed by atoms with Crippen molar-refractivity contribution in [3.8, 4) is 17.2 Å². The summed E-state index contributed by atoms with van der Waals surface area (Å²) in [7, 11) is 1.79. The zero-order valence-corrected chi connectivity index (χ0v) is 33.5. The van der Waals surface area contributed by atoms with E-state index in [1.807, 2.05) is 36.5 Å². The lowest BCUT2D eigenvalue weighted by Gasteiger charge is -2.47. The minimum absolute atomic E-state index is 0.182. The number of carbonyl (C=O) groups is 1. The van der Waals surface area contributed by atoms with Crippen molar-refractivity contribution >= 4 is 23.3 Å². The van der Waals surface area contributed by atoms with E-state index in [1.54, 1.807) is 7.11 Å². The number of ether oxygens (including phenoxy) is 4. The number of carboxylic acid groups (broad SMARTS) is 1. The molecule has 1 saturated carbocycles. The summed E-state index contributed by atoms with van der Waals surface area (Å²) in [6, 6.07) is 13.9. The third-order valence-corrected chi connectivity index (χ3v) is 13.8. The van der Waals surface area contributed by atoms with Crippen LogP contribution in [0.5, 0.6) is 17.2 Å². The Morgan fingerprint density at radius 3 is 2.65 bits per heavy atom. The molecule has 0 amide bonds. The lowest BCUT2D eigenvalue weighted by molar-refractivity contribution is -0.144. The number of hydrogen-bond acceptors (Lipinski definition) is 8.